The molecule has 0 aromatic carbocycles. The minimum absolute atomic E-state index is 0.0399. The zero-order valence-electron chi connectivity index (χ0n) is 11.3. The summed E-state index contributed by atoms with van der Waals surface area (Å²) >= 11 is 0. The molecule has 104 valence electrons. The summed E-state index contributed by atoms with van der Waals surface area (Å²) in [6.45, 7) is 6.31. The van der Waals surface area contributed by atoms with E-state index in [2.05, 4.69) is 15.2 Å². The molecule has 1 aromatic rings. The van der Waals surface area contributed by atoms with Crippen molar-refractivity contribution in [3.05, 3.63) is 11.6 Å². The lowest BCUT2D eigenvalue weighted by molar-refractivity contribution is -0.141. The van der Waals surface area contributed by atoms with Crippen molar-refractivity contribution in [3.63, 3.8) is 0 Å². The number of amides is 1. The van der Waals surface area contributed by atoms with Gasteiger partial charge in [-0.15, -0.1) is 5.10 Å². The average molecular weight is 266 g/mol. The van der Waals surface area contributed by atoms with Crippen LogP contribution >= 0.6 is 0 Å². The average Bonchev–Trinajstić information content (AvgIpc) is 2.96. The number of hydrogen-bond donors (Lipinski definition) is 2. The Kier molecular flexibility index (Phi) is 3.30. The summed E-state index contributed by atoms with van der Waals surface area (Å²) in [6, 6.07) is -0.760. The molecule has 1 aromatic heterocycles. The van der Waals surface area contributed by atoms with Gasteiger partial charge in [0.2, 0.25) is 5.82 Å². The first-order valence-corrected chi connectivity index (χ1v) is 6.27. The molecule has 0 saturated carbocycles. The van der Waals surface area contributed by atoms with Crippen LogP contribution in [0.2, 0.25) is 0 Å². The Morgan fingerprint density at radius 1 is 1.42 bits per heavy atom. The Morgan fingerprint density at radius 2 is 2.11 bits per heavy atom. The van der Waals surface area contributed by atoms with Gasteiger partial charge in [-0.25, -0.2) is 9.78 Å². The molecule has 7 heteroatoms. The molecular formula is C12H18N4O3. The number of carbonyl (C=O) groups is 2. The number of nitrogens with zero attached hydrogens (tertiary/aromatic N) is 3. The summed E-state index contributed by atoms with van der Waals surface area (Å²) in [5.41, 5.74) is -0.233. The maximum Gasteiger partial charge on any atom is 0.326 e. The standard InChI is InChI=1S/C12H18N4O3/c1-12(2,3)11-13-8(14-15-11)9(17)16-6-4-5-7(16)10(18)19/h7H,4-6H2,1-3H3,(H,18,19)(H,13,14,15). The van der Waals surface area contributed by atoms with Crippen molar-refractivity contribution in [3.8, 4) is 0 Å². The first-order chi connectivity index (χ1) is 8.80. The van der Waals surface area contributed by atoms with Gasteiger partial charge in [-0.3, -0.25) is 9.89 Å². The molecule has 1 unspecified atom stereocenters. The number of likely N-dealkylation sites (tertiary alicyclic amines) is 1. The number of nitrogens with one attached hydrogen (secondary N) is 1. The van der Waals surface area contributed by atoms with Gasteiger partial charge in [0.15, 0.2) is 0 Å². The van der Waals surface area contributed by atoms with E-state index in [1.165, 1.54) is 4.90 Å². The molecule has 7 nitrogen and oxygen atoms in total. The fourth-order valence-corrected chi connectivity index (χ4v) is 2.09. The fourth-order valence-electron chi connectivity index (χ4n) is 2.09. The molecule has 1 fully saturated rings. The van der Waals surface area contributed by atoms with Crippen molar-refractivity contribution in [1.29, 1.82) is 0 Å². The highest BCUT2D eigenvalue weighted by atomic mass is 16.4. The van der Waals surface area contributed by atoms with Gasteiger partial charge in [-0.2, -0.15) is 0 Å². The summed E-state index contributed by atoms with van der Waals surface area (Å²) in [6.07, 6.45) is 1.18. The van der Waals surface area contributed by atoms with E-state index in [4.69, 9.17) is 5.11 Å². The smallest absolute Gasteiger partial charge is 0.326 e. The van der Waals surface area contributed by atoms with E-state index < -0.39 is 17.9 Å². The Balaban J connectivity index is 2.20. The van der Waals surface area contributed by atoms with Crippen molar-refractivity contribution in [2.75, 3.05) is 6.54 Å². The number of H-pyrrole nitrogens is 1. The lowest BCUT2D eigenvalue weighted by atomic mass is 9.96. The Morgan fingerprint density at radius 3 is 2.63 bits per heavy atom. The van der Waals surface area contributed by atoms with Gasteiger partial charge in [0.05, 0.1) is 0 Å². The van der Waals surface area contributed by atoms with E-state index in [0.717, 1.165) is 0 Å². The van der Waals surface area contributed by atoms with E-state index in [-0.39, 0.29) is 11.2 Å². The van der Waals surface area contributed by atoms with Gasteiger partial charge < -0.3 is 10.0 Å². The van der Waals surface area contributed by atoms with Crippen molar-refractivity contribution >= 4 is 11.9 Å². The third kappa shape index (κ3) is 2.59. The number of rotatable bonds is 2. The molecule has 0 spiro atoms. The zero-order valence-corrected chi connectivity index (χ0v) is 11.3. The summed E-state index contributed by atoms with van der Waals surface area (Å²) in [5, 5.41) is 15.7. The Labute approximate surface area is 111 Å². The van der Waals surface area contributed by atoms with E-state index in [9.17, 15) is 9.59 Å². The Hall–Kier alpha value is -1.92. The van der Waals surface area contributed by atoms with Crippen LogP contribution in [0.25, 0.3) is 0 Å². The zero-order chi connectivity index (χ0) is 14.2. The molecule has 19 heavy (non-hydrogen) atoms. The van der Waals surface area contributed by atoms with Gasteiger partial charge in [0, 0.05) is 12.0 Å². The minimum Gasteiger partial charge on any atom is -0.480 e. The van der Waals surface area contributed by atoms with Gasteiger partial charge in [-0.05, 0) is 12.8 Å². The van der Waals surface area contributed by atoms with Crippen LogP contribution in [0.4, 0.5) is 0 Å². The van der Waals surface area contributed by atoms with Crippen LogP contribution < -0.4 is 0 Å². The molecule has 1 amide bonds. The fraction of sp³-hybridized carbons (Fsp3) is 0.667. The SMILES string of the molecule is CC(C)(C)c1nc(C(=O)N2CCCC2C(=O)O)n[nH]1. The van der Waals surface area contributed by atoms with Crippen molar-refractivity contribution in [2.24, 2.45) is 0 Å². The number of carbonyl (C=O) groups excluding carboxylic acids is 1. The molecule has 0 bridgehead atoms. The highest BCUT2D eigenvalue weighted by Gasteiger charge is 2.36. The molecule has 0 radical (unpaired) electrons. The first-order valence-electron chi connectivity index (χ1n) is 6.27. The summed E-state index contributed by atoms with van der Waals surface area (Å²) < 4.78 is 0. The monoisotopic (exact) mass is 266 g/mol. The van der Waals surface area contributed by atoms with E-state index >= 15 is 0 Å². The van der Waals surface area contributed by atoms with Crippen LogP contribution in [0.1, 0.15) is 50.1 Å². The van der Waals surface area contributed by atoms with Crippen molar-refractivity contribution in [2.45, 2.75) is 45.1 Å². The number of carboxylic acids is 1. The van der Waals surface area contributed by atoms with E-state index in [0.29, 0.717) is 25.2 Å². The molecular weight excluding hydrogens is 248 g/mol. The summed E-state index contributed by atoms with van der Waals surface area (Å²) in [5.74, 6) is -0.742. The lowest BCUT2D eigenvalue weighted by Gasteiger charge is -2.19. The highest BCUT2D eigenvalue weighted by molar-refractivity contribution is 5.93. The van der Waals surface area contributed by atoms with Crippen LogP contribution in [0.5, 0.6) is 0 Å². The highest BCUT2D eigenvalue weighted by Crippen LogP contribution is 2.21. The van der Waals surface area contributed by atoms with E-state index in [1.54, 1.807) is 0 Å². The van der Waals surface area contributed by atoms with E-state index in [1.807, 2.05) is 20.8 Å². The number of hydrogen-bond acceptors (Lipinski definition) is 4. The summed E-state index contributed by atoms with van der Waals surface area (Å²) in [4.78, 5) is 28.8. The first kappa shape index (κ1) is 13.5. The topological polar surface area (TPSA) is 99.2 Å². The van der Waals surface area contributed by atoms with Gasteiger partial charge >= 0.3 is 5.97 Å². The van der Waals surface area contributed by atoms with Crippen LogP contribution in [-0.4, -0.2) is 49.7 Å². The van der Waals surface area contributed by atoms with Crippen molar-refractivity contribution < 1.29 is 14.7 Å². The van der Waals surface area contributed by atoms with Crippen LogP contribution in [0, 0.1) is 0 Å². The molecule has 2 heterocycles. The van der Waals surface area contributed by atoms with Crippen LogP contribution in [-0.2, 0) is 10.2 Å². The van der Waals surface area contributed by atoms with Crippen molar-refractivity contribution in [1.82, 2.24) is 20.1 Å². The summed E-state index contributed by atoms with van der Waals surface area (Å²) in [7, 11) is 0. The molecule has 1 atom stereocenters. The number of carboxylic acid groups (broad SMARTS) is 1. The maximum absolute atomic E-state index is 12.2. The molecule has 2 N–H and O–H groups in total. The molecule has 1 saturated heterocycles. The Bertz CT molecular complexity index is 503. The van der Waals surface area contributed by atoms with Gasteiger partial charge in [-0.1, -0.05) is 20.8 Å². The number of aromatic nitrogens is 3. The second-order valence-electron chi connectivity index (χ2n) is 5.75. The second-order valence-corrected chi connectivity index (χ2v) is 5.75. The van der Waals surface area contributed by atoms with Crippen LogP contribution in [0.3, 0.4) is 0 Å². The number of aromatic amines is 1. The molecule has 1 aliphatic rings. The minimum atomic E-state index is -0.975. The quantitative estimate of drug-likeness (QED) is 0.824. The second kappa shape index (κ2) is 4.64. The maximum atomic E-state index is 12.2. The van der Waals surface area contributed by atoms with Crippen LogP contribution in [0.15, 0.2) is 0 Å². The lowest BCUT2D eigenvalue weighted by Crippen LogP contribution is -2.40. The number of aliphatic carboxylic acids is 1. The van der Waals surface area contributed by atoms with Gasteiger partial charge in [0.1, 0.15) is 11.9 Å². The largest absolute Gasteiger partial charge is 0.480 e. The molecule has 2 rings (SSSR count). The third-order valence-corrected chi connectivity index (χ3v) is 3.19. The molecule has 0 aliphatic carbocycles. The predicted molar refractivity (Wildman–Crippen MR) is 66.8 cm³/mol. The normalized spacial score (nSPS) is 19.7. The third-order valence-electron chi connectivity index (χ3n) is 3.19. The predicted octanol–water partition coefficient (Wildman–Crippen LogP) is 0.791. The van der Waals surface area contributed by atoms with Gasteiger partial charge in [0.25, 0.3) is 5.91 Å². The molecule has 1 aliphatic heterocycles.